The molecule has 1 aromatic heterocycles. The lowest BCUT2D eigenvalue weighted by molar-refractivity contribution is 0.317. The highest BCUT2D eigenvalue weighted by molar-refractivity contribution is 9.10. The fraction of sp³-hybridized carbons (Fsp3) is 0.111. The maximum atomic E-state index is 13.6. The van der Waals surface area contributed by atoms with E-state index in [2.05, 4.69) is 15.9 Å². The predicted molar refractivity (Wildman–Crippen MR) is 144 cm³/mol. The van der Waals surface area contributed by atoms with Crippen LogP contribution in [0.4, 0.5) is 0 Å². The number of nitrogens with zero attached hydrogens (tertiary/aromatic N) is 2. The summed E-state index contributed by atoms with van der Waals surface area (Å²) in [5, 5.41) is 10.9. The molecule has 1 unspecified atom stereocenters. The van der Waals surface area contributed by atoms with Crippen molar-refractivity contribution in [2.75, 3.05) is 6.61 Å². The number of halogens is 2. The molecule has 0 amide bonds. The number of phenols is 1. The summed E-state index contributed by atoms with van der Waals surface area (Å²) < 4.78 is 8.28. The number of fused-ring (bicyclic) bond motifs is 1. The maximum Gasteiger partial charge on any atom is 0.271 e. The van der Waals surface area contributed by atoms with Gasteiger partial charge in [-0.25, -0.2) is 4.99 Å². The van der Waals surface area contributed by atoms with Crippen LogP contribution >= 0.6 is 38.9 Å². The van der Waals surface area contributed by atoms with Crippen LogP contribution in [0.15, 0.2) is 87.1 Å². The Kier molecular flexibility index (Phi) is 6.65. The molecule has 1 aliphatic heterocycles. The Bertz CT molecular complexity index is 1610. The normalized spacial score (nSPS) is 15.3. The molecule has 176 valence electrons. The first kappa shape index (κ1) is 23.6. The molecule has 0 aliphatic carbocycles. The Morgan fingerprint density at radius 1 is 1.17 bits per heavy atom. The molecular formula is C27H20BrClN2O3S. The summed E-state index contributed by atoms with van der Waals surface area (Å²) in [6, 6.07) is 20.6. The molecule has 2 heterocycles. The van der Waals surface area contributed by atoms with Crippen molar-refractivity contribution >= 4 is 50.6 Å². The third kappa shape index (κ3) is 4.72. The highest BCUT2D eigenvalue weighted by Gasteiger charge is 2.22. The van der Waals surface area contributed by atoms with E-state index in [0.717, 1.165) is 22.4 Å². The van der Waals surface area contributed by atoms with Crippen molar-refractivity contribution < 1.29 is 9.84 Å². The highest BCUT2D eigenvalue weighted by Crippen LogP contribution is 2.35. The minimum atomic E-state index is -0.327. The van der Waals surface area contributed by atoms with Crippen molar-refractivity contribution in [2.45, 2.75) is 13.0 Å². The summed E-state index contributed by atoms with van der Waals surface area (Å²) in [5.41, 5.74) is 3.32. The van der Waals surface area contributed by atoms with Gasteiger partial charge in [-0.15, -0.1) is 0 Å². The van der Waals surface area contributed by atoms with Crippen molar-refractivity contribution in [2.24, 2.45) is 4.99 Å². The van der Waals surface area contributed by atoms with Gasteiger partial charge in [0.15, 0.2) is 16.3 Å². The Morgan fingerprint density at radius 2 is 1.91 bits per heavy atom. The molecule has 3 aromatic carbocycles. The summed E-state index contributed by atoms with van der Waals surface area (Å²) >= 11 is 10.8. The number of hydrogen-bond acceptors (Lipinski definition) is 5. The van der Waals surface area contributed by atoms with Gasteiger partial charge in [-0.1, -0.05) is 65.4 Å². The first-order chi connectivity index (χ1) is 16.9. The summed E-state index contributed by atoms with van der Waals surface area (Å²) in [6.45, 7) is 2.26. The smallest absolute Gasteiger partial charge is 0.271 e. The third-order valence-corrected chi connectivity index (χ3v) is 7.42. The third-order valence-electron chi connectivity index (χ3n) is 5.58. The first-order valence-electron chi connectivity index (χ1n) is 10.9. The lowest BCUT2D eigenvalue weighted by Gasteiger charge is -2.19. The number of phenolic OH excluding ortho intramolecular Hbond substituents is 1. The number of benzene rings is 3. The summed E-state index contributed by atoms with van der Waals surface area (Å²) in [4.78, 5) is 19.1. The van der Waals surface area contributed by atoms with Crippen LogP contribution < -0.4 is 19.6 Å². The highest BCUT2D eigenvalue weighted by atomic mass is 79.9. The standard InChI is InChI=1S/C27H20BrClN2O3S/c1-2-34-23-13-16(12-20(28)25(23)32)14-24-26(33)31-22(18-8-10-19(29)11-9-18)15-21(30-27(31)35-24)17-6-4-3-5-7-17/h3-15,22,32H,2H2,1H3. The molecule has 1 atom stereocenters. The largest absolute Gasteiger partial charge is 0.503 e. The Hall–Kier alpha value is -3.13. The van der Waals surface area contributed by atoms with Gasteiger partial charge >= 0.3 is 0 Å². The van der Waals surface area contributed by atoms with Crippen LogP contribution in [0.2, 0.25) is 5.02 Å². The van der Waals surface area contributed by atoms with E-state index in [4.69, 9.17) is 21.3 Å². The molecule has 1 N–H and O–H groups in total. The quantitative estimate of drug-likeness (QED) is 0.345. The van der Waals surface area contributed by atoms with E-state index in [9.17, 15) is 9.90 Å². The first-order valence-corrected chi connectivity index (χ1v) is 12.9. The number of aromatic nitrogens is 1. The molecule has 4 aromatic rings. The molecule has 35 heavy (non-hydrogen) atoms. The van der Waals surface area contributed by atoms with Gasteiger partial charge in [0.05, 0.1) is 27.4 Å². The molecule has 5 nitrogen and oxygen atoms in total. The molecule has 0 saturated heterocycles. The zero-order valence-corrected chi connectivity index (χ0v) is 21.8. The topological polar surface area (TPSA) is 63.8 Å². The van der Waals surface area contributed by atoms with Gasteiger partial charge in [0.2, 0.25) is 0 Å². The fourth-order valence-corrected chi connectivity index (χ4v) is 5.55. The van der Waals surface area contributed by atoms with Crippen molar-refractivity contribution in [1.29, 1.82) is 0 Å². The maximum absolute atomic E-state index is 13.6. The Balaban J connectivity index is 1.70. The van der Waals surface area contributed by atoms with Gasteiger partial charge in [-0.3, -0.25) is 9.36 Å². The average molecular weight is 568 g/mol. The lowest BCUT2D eigenvalue weighted by atomic mass is 10.0. The molecular weight excluding hydrogens is 548 g/mol. The minimum absolute atomic E-state index is 0.0284. The SMILES string of the molecule is CCOc1cc(C=c2sc3n(c2=O)C(c2ccc(Cl)cc2)C=C(c2ccccc2)N=3)cc(Br)c1O. The van der Waals surface area contributed by atoms with Crippen LogP contribution in [0.3, 0.4) is 0 Å². The van der Waals surface area contributed by atoms with Crippen LogP contribution in [0.25, 0.3) is 11.8 Å². The fourth-order valence-electron chi connectivity index (χ4n) is 3.94. The van der Waals surface area contributed by atoms with Gasteiger partial charge in [0.1, 0.15) is 0 Å². The second kappa shape index (κ2) is 9.85. The molecule has 0 spiro atoms. The predicted octanol–water partition coefficient (Wildman–Crippen LogP) is 5.52. The molecule has 0 bridgehead atoms. The number of rotatable bonds is 5. The number of ether oxygens (including phenoxy) is 1. The van der Waals surface area contributed by atoms with E-state index < -0.39 is 0 Å². The second-order valence-electron chi connectivity index (χ2n) is 7.88. The van der Waals surface area contributed by atoms with Crippen LogP contribution in [-0.2, 0) is 0 Å². The number of hydrogen-bond donors (Lipinski definition) is 1. The summed E-state index contributed by atoms with van der Waals surface area (Å²) in [5.74, 6) is 0.381. The van der Waals surface area contributed by atoms with E-state index in [-0.39, 0.29) is 17.4 Å². The van der Waals surface area contributed by atoms with E-state index >= 15 is 0 Å². The van der Waals surface area contributed by atoms with Gasteiger partial charge in [-0.05, 0) is 76.0 Å². The molecule has 1 aliphatic rings. The lowest BCUT2D eigenvalue weighted by Crippen LogP contribution is -2.36. The van der Waals surface area contributed by atoms with E-state index in [0.29, 0.717) is 31.2 Å². The van der Waals surface area contributed by atoms with Gasteiger partial charge in [0, 0.05) is 5.02 Å². The van der Waals surface area contributed by atoms with E-state index in [1.54, 1.807) is 22.8 Å². The molecule has 0 radical (unpaired) electrons. The van der Waals surface area contributed by atoms with Crippen molar-refractivity contribution in [3.05, 3.63) is 119 Å². The van der Waals surface area contributed by atoms with E-state index in [1.807, 2.05) is 67.6 Å². The van der Waals surface area contributed by atoms with Gasteiger partial charge < -0.3 is 9.84 Å². The molecule has 0 fully saturated rings. The van der Waals surface area contributed by atoms with Crippen LogP contribution in [0.5, 0.6) is 11.5 Å². The Labute approximate surface area is 219 Å². The zero-order chi connectivity index (χ0) is 24.5. The monoisotopic (exact) mass is 566 g/mol. The average Bonchev–Trinajstić information content (AvgIpc) is 3.18. The van der Waals surface area contributed by atoms with Crippen molar-refractivity contribution in [3.63, 3.8) is 0 Å². The summed E-state index contributed by atoms with van der Waals surface area (Å²) in [6.07, 6.45) is 3.80. The number of allylic oxidation sites excluding steroid dienone is 1. The van der Waals surface area contributed by atoms with Crippen molar-refractivity contribution in [1.82, 2.24) is 4.57 Å². The Morgan fingerprint density at radius 3 is 2.63 bits per heavy atom. The molecule has 8 heteroatoms. The van der Waals surface area contributed by atoms with Crippen molar-refractivity contribution in [3.8, 4) is 11.5 Å². The van der Waals surface area contributed by atoms with Gasteiger partial charge in [-0.2, -0.15) is 0 Å². The minimum Gasteiger partial charge on any atom is -0.503 e. The zero-order valence-electron chi connectivity index (χ0n) is 18.6. The van der Waals surface area contributed by atoms with Crippen LogP contribution in [0, 0.1) is 0 Å². The van der Waals surface area contributed by atoms with E-state index in [1.165, 1.54) is 11.3 Å². The molecule has 0 saturated carbocycles. The van der Waals surface area contributed by atoms with Gasteiger partial charge in [0.25, 0.3) is 5.56 Å². The van der Waals surface area contributed by atoms with Crippen LogP contribution in [0.1, 0.15) is 29.7 Å². The number of thiazole rings is 1. The second-order valence-corrected chi connectivity index (χ2v) is 10.2. The molecule has 5 rings (SSSR count). The van der Waals surface area contributed by atoms with Crippen LogP contribution in [-0.4, -0.2) is 16.3 Å². The number of aromatic hydroxyl groups is 1. The summed E-state index contributed by atoms with van der Waals surface area (Å²) in [7, 11) is 0.